The van der Waals surface area contributed by atoms with Crippen molar-refractivity contribution in [2.45, 2.75) is 38.1 Å². The number of rotatable bonds is 7. The molecule has 2 heterocycles. The Hall–Kier alpha value is -3.10. The molecule has 8 heteroatoms. The van der Waals surface area contributed by atoms with Crippen LogP contribution in [0, 0.1) is 0 Å². The number of hydrogen-bond acceptors (Lipinski definition) is 6. The van der Waals surface area contributed by atoms with E-state index in [4.69, 9.17) is 4.98 Å². The second-order valence-corrected chi connectivity index (χ2v) is 11.3. The van der Waals surface area contributed by atoms with E-state index in [-0.39, 0.29) is 16.6 Å². The number of nitrogens with zero attached hydrogens (tertiary/aromatic N) is 3. The molecule has 0 aliphatic carbocycles. The zero-order chi connectivity index (χ0) is 23.6. The third-order valence-corrected chi connectivity index (χ3v) is 8.23. The fourth-order valence-electron chi connectivity index (χ4n) is 3.57. The summed E-state index contributed by atoms with van der Waals surface area (Å²) in [6.07, 6.45) is 3.42. The summed E-state index contributed by atoms with van der Waals surface area (Å²) in [5.74, 6) is 0.0701. The van der Waals surface area contributed by atoms with Crippen LogP contribution in [0.5, 0.6) is 0 Å². The lowest BCUT2D eigenvalue weighted by atomic mass is 10.0. The van der Waals surface area contributed by atoms with Crippen molar-refractivity contribution in [3.05, 3.63) is 83.7 Å². The molecule has 0 saturated carbocycles. The van der Waals surface area contributed by atoms with Crippen molar-refractivity contribution in [3.63, 3.8) is 0 Å². The summed E-state index contributed by atoms with van der Waals surface area (Å²) in [5, 5.41) is 0.595. The summed E-state index contributed by atoms with van der Waals surface area (Å²) < 4.78 is 25.3. The quantitative estimate of drug-likeness (QED) is 0.352. The number of pyridine rings is 1. The van der Waals surface area contributed by atoms with Gasteiger partial charge in [-0.15, -0.1) is 0 Å². The number of anilines is 1. The van der Waals surface area contributed by atoms with Gasteiger partial charge in [0.25, 0.3) is 5.91 Å². The normalized spacial score (nSPS) is 11.8. The van der Waals surface area contributed by atoms with Crippen molar-refractivity contribution in [2.24, 2.45) is 0 Å². The molecule has 2 aromatic carbocycles. The summed E-state index contributed by atoms with van der Waals surface area (Å²) in [6.45, 7) is 6.15. The smallest absolute Gasteiger partial charge is 0.260 e. The zero-order valence-corrected chi connectivity index (χ0v) is 20.4. The van der Waals surface area contributed by atoms with Gasteiger partial charge in [-0.3, -0.25) is 14.7 Å². The van der Waals surface area contributed by atoms with Crippen LogP contribution in [0.25, 0.3) is 10.2 Å². The maximum absolute atomic E-state index is 13.6. The highest BCUT2D eigenvalue weighted by Gasteiger charge is 2.23. The van der Waals surface area contributed by atoms with E-state index in [1.807, 2.05) is 24.3 Å². The minimum Gasteiger partial charge on any atom is -0.279 e. The number of carbonyl (C=O) groups excluding carboxylic acids is 1. The van der Waals surface area contributed by atoms with Crippen LogP contribution in [0.4, 0.5) is 5.13 Å². The van der Waals surface area contributed by atoms with Crippen LogP contribution >= 0.6 is 11.3 Å². The molecule has 0 atom stereocenters. The lowest BCUT2D eigenvalue weighted by molar-refractivity contribution is 0.0985. The lowest BCUT2D eigenvalue weighted by Gasteiger charge is -2.20. The van der Waals surface area contributed by atoms with Gasteiger partial charge in [0.15, 0.2) is 15.0 Å². The van der Waals surface area contributed by atoms with Gasteiger partial charge in [-0.25, -0.2) is 13.4 Å². The number of amides is 1. The molecule has 0 aliphatic rings. The number of sulfone groups is 1. The van der Waals surface area contributed by atoms with Gasteiger partial charge in [0.05, 0.1) is 27.4 Å². The Morgan fingerprint density at radius 2 is 1.82 bits per heavy atom. The van der Waals surface area contributed by atoms with E-state index < -0.39 is 9.84 Å². The van der Waals surface area contributed by atoms with Gasteiger partial charge in [0, 0.05) is 18.0 Å². The Kier molecular flexibility index (Phi) is 6.58. The summed E-state index contributed by atoms with van der Waals surface area (Å²) in [5.41, 5.74) is 3.32. The van der Waals surface area contributed by atoms with Crippen molar-refractivity contribution in [1.29, 1.82) is 0 Å². The van der Waals surface area contributed by atoms with Crippen LogP contribution in [-0.4, -0.2) is 30.0 Å². The maximum Gasteiger partial charge on any atom is 0.260 e. The molecule has 170 valence electrons. The van der Waals surface area contributed by atoms with E-state index in [1.165, 1.54) is 23.5 Å². The van der Waals surface area contributed by atoms with Crippen LogP contribution in [0.2, 0.25) is 0 Å². The summed E-state index contributed by atoms with van der Waals surface area (Å²) in [4.78, 5) is 24.5. The molecule has 0 bridgehead atoms. The Labute approximate surface area is 197 Å². The second-order valence-electron chi connectivity index (χ2n) is 8.03. The van der Waals surface area contributed by atoms with Gasteiger partial charge in [-0.1, -0.05) is 50.3 Å². The molecule has 2 aromatic heterocycles. The topological polar surface area (TPSA) is 80.2 Å². The van der Waals surface area contributed by atoms with Crippen molar-refractivity contribution < 1.29 is 13.2 Å². The second kappa shape index (κ2) is 9.41. The number of thiazole rings is 1. The SMILES string of the molecule is CCS(=O)(=O)c1ccc(C(=O)N(Cc2cccnc2)c2nc3c(C(C)C)cccc3s2)cc1. The highest BCUT2D eigenvalue weighted by atomic mass is 32.2. The molecule has 0 unspecified atom stereocenters. The number of fused-ring (bicyclic) bond motifs is 1. The van der Waals surface area contributed by atoms with Crippen molar-refractivity contribution in [3.8, 4) is 0 Å². The minimum absolute atomic E-state index is 0.0112. The lowest BCUT2D eigenvalue weighted by Crippen LogP contribution is -2.30. The van der Waals surface area contributed by atoms with Crippen LogP contribution in [0.1, 0.15) is 48.2 Å². The predicted molar refractivity (Wildman–Crippen MR) is 133 cm³/mol. The highest BCUT2D eigenvalue weighted by Crippen LogP contribution is 2.34. The molecule has 0 N–H and O–H groups in total. The van der Waals surface area contributed by atoms with Crippen LogP contribution < -0.4 is 4.90 Å². The first-order chi connectivity index (χ1) is 15.8. The fraction of sp³-hybridized carbons (Fsp3) is 0.240. The molecule has 0 radical (unpaired) electrons. The Balaban J connectivity index is 1.76. The van der Waals surface area contributed by atoms with Gasteiger partial charge >= 0.3 is 0 Å². The molecule has 4 aromatic rings. The molecule has 1 amide bonds. The van der Waals surface area contributed by atoms with Gasteiger partial charge in [0.1, 0.15) is 0 Å². The summed E-state index contributed by atoms with van der Waals surface area (Å²) in [7, 11) is -3.34. The third kappa shape index (κ3) is 4.82. The van der Waals surface area contributed by atoms with E-state index >= 15 is 0 Å². The molecule has 33 heavy (non-hydrogen) atoms. The number of carbonyl (C=O) groups is 1. The van der Waals surface area contributed by atoms with Gasteiger partial charge in [-0.2, -0.15) is 0 Å². The van der Waals surface area contributed by atoms with E-state index in [0.717, 1.165) is 21.3 Å². The molecule has 6 nitrogen and oxygen atoms in total. The standard InChI is InChI=1S/C25H25N3O3S2/c1-4-33(30,31)20-12-10-19(11-13-20)24(29)28(16-18-7-6-14-26-15-18)25-27-23-21(17(2)3)8-5-9-22(23)32-25/h5-15,17H,4,16H2,1-3H3. The van der Waals surface area contributed by atoms with E-state index in [1.54, 1.807) is 36.4 Å². The Morgan fingerprint density at radius 3 is 2.45 bits per heavy atom. The maximum atomic E-state index is 13.6. The van der Waals surface area contributed by atoms with E-state index in [9.17, 15) is 13.2 Å². The molecule has 0 fully saturated rings. The number of benzene rings is 2. The first-order valence-electron chi connectivity index (χ1n) is 10.7. The minimum atomic E-state index is -3.34. The van der Waals surface area contributed by atoms with E-state index in [0.29, 0.717) is 23.2 Å². The molecule has 0 aliphatic heterocycles. The van der Waals surface area contributed by atoms with Crippen LogP contribution in [-0.2, 0) is 16.4 Å². The largest absolute Gasteiger partial charge is 0.279 e. The average molecular weight is 480 g/mol. The molecule has 0 saturated heterocycles. The number of para-hydroxylation sites is 1. The number of hydrogen-bond donors (Lipinski definition) is 0. The number of aromatic nitrogens is 2. The molecule has 0 spiro atoms. The van der Waals surface area contributed by atoms with Crippen molar-refractivity contribution in [2.75, 3.05) is 10.7 Å². The third-order valence-electron chi connectivity index (χ3n) is 5.44. The molecular formula is C25H25N3O3S2. The van der Waals surface area contributed by atoms with Gasteiger partial charge < -0.3 is 0 Å². The Bertz CT molecular complexity index is 1380. The Morgan fingerprint density at radius 1 is 1.06 bits per heavy atom. The highest BCUT2D eigenvalue weighted by molar-refractivity contribution is 7.91. The average Bonchev–Trinajstić information content (AvgIpc) is 3.26. The summed E-state index contributed by atoms with van der Waals surface area (Å²) >= 11 is 1.47. The van der Waals surface area contributed by atoms with Gasteiger partial charge in [-0.05, 0) is 53.4 Å². The van der Waals surface area contributed by atoms with Crippen LogP contribution in [0.3, 0.4) is 0 Å². The molecule has 4 rings (SSSR count). The first kappa shape index (κ1) is 23.1. The monoisotopic (exact) mass is 479 g/mol. The predicted octanol–water partition coefficient (Wildman–Crippen LogP) is 5.46. The van der Waals surface area contributed by atoms with E-state index in [2.05, 4.69) is 24.9 Å². The summed E-state index contributed by atoms with van der Waals surface area (Å²) in [6, 6.07) is 15.9. The van der Waals surface area contributed by atoms with Crippen molar-refractivity contribution in [1.82, 2.24) is 9.97 Å². The zero-order valence-electron chi connectivity index (χ0n) is 18.7. The first-order valence-corrected chi connectivity index (χ1v) is 13.2. The van der Waals surface area contributed by atoms with Gasteiger partial charge in [0.2, 0.25) is 0 Å². The molecular weight excluding hydrogens is 454 g/mol. The van der Waals surface area contributed by atoms with Crippen molar-refractivity contribution >= 4 is 42.4 Å². The van der Waals surface area contributed by atoms with Crippen LogP contribution in [0.15, 0.2) is 71.9 Å². The fourth-order valence-corrected chi connectivity index (χ4v) is 5.45.